The number of amides is 1. The minimum atomic E-state index is -0.374. The van der Waals surface area contributed by atoms with Crippen LogP contribution in [0, 0.1) is 6.92 Å². The van der Waals surface area contributed by atoms with Crippen molar-refractivity contribution in [3.8, 4) is 0 Å². The third-order valence-electron chi connectivity index (χ3n) is 3.23. The van der Waals surface area contributed by atoms with E-state index in [-0.39, 0.29) is 17.6 Å². The van der Waals surface area contributed by atoms with Gasteiger partial charge in [-0.3, -0.25) is 4.79 Å². The number of hydrogen-bond donors (Lipinski definition) is 0. The maximum absolute atomic E-state index is 12.6. The summed E-state index contributed by atoms with van der Waals surface area (Å²) >= 11 is 0. The quantitative estimate of drug-likeness (QED) is 0.843. The fourth-order valence-corrected chi connectivity index (χ4v) is 2.55. The van der Waals surface area contributed by atoms with Crippen molar-refractivity contribution in [2.24, 2.45) is 0 Å². The topological polar surface area (TPSA) is 51.7 Å². The molecular weight excluding hydrogens is 256 g/mol. The van der Waals surface area contributed by atoms with Crippen LogP contribution in [0.2, 0.25) is 0 Å². The molecule has 1 aliphatic heterocycles. The van der Waals surface area contributed by atoms with Crippen LogP contribution >= 0.6 is 0 Å². The number of aryl methyl sites for hydroxylation is 1. The number of morpholine rings is 1. The summed E-state index contributed by atoms with van der Waals surface area (Å²) in [6.07, 6.45) is -0.0995. The first kappa shape index (κ1) is 14.9. The number of hydrogen-bond acceptors (Lipinski definition) is 4. The molecule has 0 bridgehead atoms. The molecule has 0 saturated carbocycles. The molecule has 0 aliphatic carbocycles. The van der Waals surface area contributed by atoms with Crippen molar-refractivity contribution >= 4 is 5.91 Å². The second-order valence-electron chi connectivity index (χ2n) is 5.80. The van der Waals surface area contributed by atoms with Crippen molar-refractivity contribution in [2.75, 3.05) is 26.8 Å². The van der Waals surface area contributed by atoms with Crippen LogP contribution in [0.1, 0.15) is 30.0 Å². The number of nitrogens with zero attached hydrogens (tertiary/aromatic N) is 2. The number of carbonyl (C=O) groups excluding carboxylic acids is 1. The highest BCUT2D eigenvalue weighted by atomic mass is 16.5. The fourth-order valence-electron chi connectivity index (χ4n) is 2.55. The molecule has 1 aromatic rings. The van der Waals surface area contributed by atoms with Gasteiger partial charge >= 0.3 is 0 Å². The average molecular weight is 278 g/mol. The Hall–Kier alpha value is -1.46. The van der Waals surface area contributed by atoms with Crippen molar-refractivity contribution in [2.45, 2.75) is 32.5 Å². The standard InChI is InChI=1S/C15H22N2O3/c1-11-6-5-7-13(16-11)14(18)17-8-12(9-19-4)20-15(2,3)10-17/h5-7,12H,8-10H2,1-4H3. The van der Waals surface area contributed by atoms with Crippen LogP contribution in [-0.2, 0) is 9.47 Å². The van der Waals surface area contributed by atoms with Gasteiger partial charge in [-0.15, -0.1) is 0 Å². The monoisotopic (exact) mass is 278 g/mol. The summed E-state index contributed by atoms with van der Waals surface area (Å²) < 4.78 is 11.1. The molecule has 1 aliphatic rings. The van der Waals surface area contributed by atoms with Gasteiger partial charge in [0.1, 0.15) is 5.69 Å². The van der Waals surface area contributed by atoms with Crippen molar-refractivity contribution in [3.63, 3.8) is 0 Å². The molecule has 1 atom stereocenters. The lowest BCUT2D eigenvalue weighted by Crippen LogP contribution is -2.55. The zero-order chi connectivity index (χ0) is 14.8. The molecule has 1 unspecified atom stereocenters. The van der Waals surface area contributed by atoms with Gasteiger partial charge in [0, 0.05) is 25.9 Å². The molecule has 1 aromatic heterocycles. The predicted molar refractivity (Wildman–Crippen MR) is 75.7 cm³/mol. The Labute approximate surface area is 119 Å². The fraction of sp³-hybridized carbons (Fsp3) is 0.600. The summed E-state index contributed by atoms with van der Waals surface area (Å²) in [5, 5.41) is 0. The number of ether oxygens (including phenoxy) is 2. The first-order chi connectivity index (χ1) is 9.41. The predicted octanol–water partition coefficient (Wildman–Crippen LogP) is 1.66. The summed E-state index contributed by atoms with van der Waals surface area (Å²) in [6.45, 7) is 7.42. The van der Waals surface area contributed by atoms with Crippen LogP contribution in [0.25, 0.3) is 0 Å². The second-order valence-corrected chi connectivity index (χ2v) is 5.80. The minimum Gasteiger partial charge on any atom is -0.382 e. The molecule has 1 saturated heterocycles. The van der Waals surface area contributed by atoms with E-state index in [2.05, 4.69) is 4.98 Å². The lowest BCUT2D eigenvalue weighted by molar-refractivity contribution is -0.143. The van der Waals surface area contributed by atoms with Crippen LogP contribution < -0.4 is 0 Å². The normalized spacial score (nSPS) is 21.8. The molecule has 5 nitrogen and oxygen atoms in total. The maximum Gasteiger partial charge on any atom is 0.272 e. The Morgan fingerprint density at radius 3 is 2.95 bits per heavy atom. The average Bonchev–Trinajstić information content (AvgIpc) is 2.36. The number of carbonyl (C=O) groups is 1. The number of rotatable bonds is 3. The first-order valence-electron chi connectivity index (χ1n) is 6.81. The highest BCUT2D eigenvalue weighted by Gasteiger charge is 2.36. The molecule has 5 heteroatoms. The van der Waals surface area contributed by atoms with E-state index in [4.69, 9.17) is 9.47 Å². The molecule has 0 N–H and O–H groups in total. The van der Waals surface area contributed by atoms with Gasteiger partial charge in [-0.05, 0) is 32.9 Å². The van der Waals surface area contributed by atoms with E-state index in [9.17, 15) is 4.79 Å². The number of pyridine rings is 1. The second kappa shape index (κ2) is 5.89. The molecule has 2 rings (SSSR count). The van der Waals surface area contributed by atoms with Crippen LogP contribution in [0.3, 0.4) is 0 Å². The Morgan fingerprint density at radius 2 is 2.30 bits per heavy atom. The zero-order valence-corrected chi connectivity index (χ0v) is 12.5. The molecule has 2 heterocycles. The van der Waals surface area contributed by atoms with E-state index < -0.39 is 0 Å². The van der Waals surface area contributed by atoms with E-state index in [0.717, 1.165) is 5.69 Å². The van der Waals surface area contributed by atoms with Gasteiger partial charge in [-0.25, -0.2) is 4.98 Å². The Bertz CT molecular complexity index is 488. The SMILES string of the molecule is COCC1CN(C(=O)c2cccc(C)n2)CC(C)(C)O1. The van der Waals surface area contributed by atoms with Crippen LogP contribution in [0.4, 0.5) is 0 Å². The third kappa shape index (κ3) is 3.55. The molecule has 1 amide bonds. The van der Waals surface area contributed by atoms with Crippen LogP contribution in [-0.4, -0.2) is 54.3 Å². The van der Waals surface area contributed by atoms with E-state index in [0.29, 0.717) is 25.4 Å². The van der Waals surface area contributed by atoms with Gasteiger partial charge in [0.25, 0.3) is 5.91 Å². The van der Waals surface area contributed by atoms with Gasteiger partial charge in [-0.2, -0.15) is 0 Å². The van der Waals surface area contributed by atoms with Gasteiger partial charge in [-0.1, -0.05) is 6.07 Å². The molecule has 1 fully saturated rings. The Morgan fingerprint density at radius 1 is 1.55 bits per heavy atom. The zero-order valence-electron chi connectivity index (χ0n) is 12.5. The highest BCUT2D eigenvalue weighted by Crippen LogP contribution is 2.22. The van der Waals surface area contributed by atoms with Crippen molar-refractivity contribution in [1.29, 1.82) is 0 Å². The van der Waals surface area contributed by atoms with Crippen molar-refractivity contribution in [3.05, 3.63) is 29.6 Å². The third-order valence-corrected chi connectivity index (χ3v) is 3.23. The maximum atomic E-state index is 12.6. The summed E-state index contributed by atoms with van der Waals surface area (Å²) in [5.74, 6) is -0.0498. The summed E-state index contributed by atoms with van der Waals surface area (Å²) in [6, 6.07) is 5.49. The lowest BCUT2D eigenvalue weighted by atomic mass is 10.0. The van der Waals surface area contributed by atoms with E-state index in [1.54, 1.807) is 18.1 Å². The number of methoxy groups -OCH3 is 1. The van der Waals surface area contributed by atoms with Gasteiger partial charge < -0.3 is 14.4 Å². The summed E-state index contributed by atoms with van der Waals surface area (Å²) in [4.78, 5) is 18.7. The smallest absolute Gasteiger partial charge is 0.272 e. The van der Waals surface area contributed by atoms with Gasteiger partial charge in [0.05, 0.1) is 18.3 Å². The highest BCUT2D eigenvalue weighted by molar-refractivity contribution is 5.92. The van der Waals surface area contributed by atoms with Gasteiger partial charge in [0.2, 0.25) is 0 Å². The van der Waals surface area contributed by atoms with E-state index in [1.165, 1.54) is 0 Å². The molecule has 0 spiro atoms. The lowest BCUT2D eigenvalue weighted by Gasteiger charge is -2.42. The summed E-state index contributed by atoms with van der Waals surface area (Å²) in [5.41, 5.74) is 0.955. The Balaban J connectivity index is 2.16. The molecular formula is C15H22N2O3. The number of aromatic nitrogens is 1. The minimum absolute atomic E-state index is 0.0498. The van der Waals surface area contributed by atoms with Crippen LogP contribution in [0.5, 0.6) is 0 Å². The Kier molecular flexibility index (Phi) is 4.40. The molecule has 110 valence electrons. The largest absolute Gasteiger partial charge is 0.382 e. The van der Waals surface area contributed by atoms with Gasteiger partial charge in [0.15, 0.2) is 0 Å². The summed E-state index contributed by atoms with van der Waals surface area (Å²) in [7, 11) is 1.64. The molecule has 20 heavy (non-hydrogen) atoms. The van der Waals surface area contributed by atoms with E-state index in [1.807, 2.05) is 32.9 Å². The van der Waals surface area contributed by atoms with Crippen LogP contribution in [0.15, 0.2) is 18.2 Å². The molecule has 0 aromatic carbocycles. The van der Waals surface area contributed by atoms with E-state index >= 15 is 0 Å². The molecule has 0 radical (unpaired) electrons. The first-order valence-corrected chi connectivity index (χ1v) is 6.81. The van der Waals surface area contributed by atoms with Crippen molar-refractivity contribution < 1.29 is 14.3 Å². The van der Waals surface area contributed by atoms with Crippen molar-refractivity contribution in [1.82, 2.24) is 9.88 Å².